The molecular weight excluding hydrogens is 322 g/mol. The van der Waals surface area contributed by atoms with Gasteiger partial charge in [-0.1, -0.05) is 41.1 Å². The van der Waals surface area contributed by atoms with Crippen molar-refractivity contribution in [2.24, 2.45) is 5.16 Å². The summed E-state index contributed by atoms with van der Waals surface area (Å²) in [5.41, 5.74) is 5.81. The quantitative estimate of drug-likeness (QED) is 0.796. The van der Waals surface area contributed by atoms with Crippen LogP contribution in [0.3, 0.4) is 0 Å². The molecule has 0 saturated heterocycles. The first-order chi connectivity index (χ1) is 11.3. The molecule has 2 unspecified atom stereocenters. The Balaban J connectivity index is 1.98. The summed E-state index contributed by atoms with van der Waals surface area (Å²) in [7, 11) is -3.59. The molecule has 2 atom stereocenters. The van der Waals surface area contributed by atoms with Gasteiger partial charge in [0.05, 0.1) is 10.8 Å². The van der Waals surface area contributed by atoms with E-state index < -0.39 is 20.7 Å². The van der Waals surface area contributed by atoms with Crippen molar-refractivity contribution in [2.45, 2.75) is 43.4 Å². The third kappa shape index (κ3) is 1.73. The van der Waals surface area contributed by atoms with Crippen LogP contribution in [0.5, 0.6) is 0 Å². The standard InChI is InChI=1S/C19H19NO3S/c1-11-9-12(2)16(13(3)10-11)18-17-14-7-5-6-8-15(14)24(21,22)19(17,4)23-20-18/h5-10,17H,1-4H3. The van der Waals surface area contributed by atoms with Gasteiger partial charge < -0.3 is 4.84 Å². The van der Waals surface area contributed by atoms with Crippen LogP contribution in [0.4, 0.5) is 0 Å². The Hall–Kier alpha value is -2.14. The minimum absolute atomic E-state index is 0.354. The van der Waals surface area contributed by atoms with E-state index in [4.69, 9.17) is 4.84 Å². The van der Waals surface area contributed by atoms with Crippen LogP contribution in [0.1, 0.15) is 40.7 Å². The molecular formula is C19H19NO3S. The fourth-order valence-corrected chi connectivity index (χ4v) is 5.96. The molecule has 0 spiro atoms. The highest BCUT2D eigenvalue weighted by Gasteiger charge is 2.62. The number of fused-ring (bicyclic) bond motifs is 3. The number of aryl methyl sites for hydroxylation is 3. The molecule has 0 N–H and O–H groups in total. The van der Waals surface area contributed by atoms with Crippen LogP contribution < -0.4 is 0 Å². The minimum atomic E-state index is -3.59. The van der Waals surface area contributed by atoms with E-state index in [0.717, 1.165) is 22.3 Å². The first-order valence-electron chi connectivity index (χ1n) is 7.95. The third-order valence-electron chi connectivity index (χ3n) is 5.11. The molecule has 4 nitrogen and oxygen atoms in total. The maximum atomic E-state index is 13.0. The second kappa shape index (κ2) is 4.70. The van der Waals surface area contributed by atoms with Crippen molar-refractivity contribution in [2.75, 3.05) is 0 Å². The molecule has 2 heterocycles. The van der Waals surface area contributed by atoms with Crippen LogP contribution >= 0.6 is 0 Å². The molecule has 0 aromatic heterocycles. The Morgan fingerprint density at radius 1 is 1.08 bits per heavy atom. The lowest BCUT2D eigenvalue weighted by atomic mass is 9.83. The molecule has 124 valence electrons. The first kappa shape index (κ1) is 15.4. The van der Waals surface area contributed by atoms with E-state index in [-0.39, 0.29) is 0 Å². The Morgan fingerprint density at radius 3 is 2.38 bits per heavy atom. The van der Waals surface area contributed by atoms with Gasteiger partial charge in [0.1, 0.15) is 5.71 Å². The lowest BCUT2D eigenvalue weighted by molar-refractivity contribution is 0.0564. The van der Waals surface area contributed by atoms with E-state index in [1.807, 2.05) is 26.0 Å². The average Bonchev–Trinajstić information content (AvgIpc) is 2.92. The van der Waals surface area contributed by atoms with Gasteiger partial charge in [0.15, 0.2) is 0 Å². The Kier molecular flexibility index (Phi) is 3.01. The van der Waals surface area contributed by atoms with Crippen LogP contribution in [-0.2, 0) is 14.7 Å². The number of hydrogen-bond acceptors (Lipinski definition) is 4. The van der Waals surface area contributed by atoms with Crippen LogP contribution in [0, 0.1) is 20.8 Å². The van der Waals surface area contributed by atoms with Gasteiger partial charge in [-0.05, 0) is 50.5 Å². The van der Waals surface area contributed by atoms with Gasteiger partial charge in [-0.2, -0.15) is 0 Å². The minimum Gasteiger partial charge on any atom is -0.371 e. The molecule has 0 fully saturated rings. The highest BCUT2D eigenvalue weighted by atomic mass is 32.2. The van der Waals surface area contributed by atoms with E-state index in [0.29, 0.717) is 10.6 Å². The van der Waals surface area contributed by atoms with Gasteiger partial charge in [-0.15, -0.1) is 0 Å². The number of oxime groups is 1. The van der Waals surface area contributed by atoms with Crippen molar-refractivity contribution in [3.63, 3.8) is 0 Å². The maximum absolute atomic E-state index is 13.0. The fraction of sp³-hybridized carbons (Fsp3) is 0.316. The molecule has 2 aliphatic rings. The molecule has 2 aromatic rings. The van der Waals surface area contributed by atoms with E-state index in [2.05, 4.69) is 24.2 Å². The van der Waals surface area contributed by atoms with Gasteiger partial charge in [-0.3, -0.25) is 0 Å². The molecule has 0 saturated carbocycles. The largest absolute Gasteiger partial charge is 0.371 e. The van der Waals surface area contributed by atoms with Gasteiger partial charge in [0.25, 0.3) is 4.93 Å². The number of sulfone groups is 1. The van der Waals surface area contributed by atoms with Gasteiger partial charge in [0, 0.05) is 5.56 Å². The molecule has 5 heteroatoms. The van der Waals surface area contributed by atoms with Crippen LogP contribution in [0.2, 0.25) is 0 Å². The summed E-state index contributed by atoms with van der Waals surface area (Å²) in [4.78, 5) is 4.56. The molecule has 2 aliphatic heterocycles. The van der Waals surface area contributed by atoms with Gasteiger partial charge in [0.2, 0.25) is 9.84 Å². The van der Waals surface area contributed by atoms with Crippen molar-refractivity contribution in [3.05, 3.63) is 64.2 Å². The topological polar surface area (TPSA) is 55.7 Å². The summed E-state index contributed by atoms with van der Waals surface area (Å²) in [6, 6.07) is 11.3. The number of rotatable bonds is 1. The van der Waals surface area contributed by atoms with Crippen molar-refractivity contribution < 1.29 is 13.3 Å². The van der Waals surface area contributed by atoms with E-state index >= 15 is 0 Å². The highest BCUT2D eigenvalue weighted by molar-refractivity contribution is 7.93. The Morgan fingerprint density at radius 2 is 1.71 bits per heavy atom. The fourth-order valence-electron chi connectivity index (χ4n) is 4.08. The lowest BCUT2D eigenvalue weighted by Gasteiger charge is -2.22. The zero-order valence-electron chi connectivity index (χ0n) is 14.1. The normalized spacial score (nSPS) is 26.5. The second-order valence-corrected chi connectivity index (χ2v) is 9.09. The number of nitrogens with zero attached hydrogens (tertiary/aromatic N) is 1. The molecule has 0 bridgehead atoms. The summed E-state index contributed by atoms with van der Waals surface area (Å²) in [5.74, 6) is -0.404. The van der Waals surface area contributed by atoms with Gasteiger partial charge in [-0.25, -0.2) is 8.42 Å². The molecule has 4 rings (SSSR count). The molecule has 0 amide bonds. The van der Waals surface area contributed by atoms with Crippen LogP contribution in [-0.4, -0.2) is 19.1 Å². The lowest BCUT2D eigenvalue weighted by Crippen LogP contribution is -2.36. The zero-order chi connectivity index (χ0) is 17.3. The summed E-state index contributed by atoms with van der Waals surface area (Å²) in [5, 5.41) is 4.25. The van der Waals surface area contributed by atoms with Crippen molar-refractivity contribution in [1.29, 1.82) is 0 Å². The number of hydrogen-bond donors (Lipinski definition) is 0. The Labute approximate surface area is 142 Å². The average molecular weight is 341 g/mol. The van der Waals surface area contributed by atoms with Crippen LogP contribution in [0.15, 0.2) is 46.4 Å². The summed E-state index contributed by atoms with van der Waals surface area (Å²) >= 11 is 0. The monoisotopic (exact) mass is 341 g/mol. The third-order valence-corrected chi connectivity index (χ3v) is 7.44. The van der Waals surface area contributed by atoms with Crippen molar-refractivity contribution in [3.8, 4) is 0 Å². The predicted octanol–water partition coefficient (Wildman–Crippen LogP) is 3.63. The Bertz CT molecular complexity index is 984. The van der Waals surface area contributed by atoms with E-state index in [1.165, 1.54) is 5.56 Å². The van der Waals surface area contributed by atoms with Crippen molar-refractivity contribution >= 4 is 15.5 Å². The van der Waals surface area contributed by atoms with Gasteiger partial charge >= 0.3 is 0 Å². The molecule has 0 radical (unpaired) electrons. The highest BCUT2D eigenvalue weighted by Crippen LogP contribution is 2.53. The van der Waals surface area contributed by atoms with Crippen LogP contribution in [0.25, 0.3) is 0 Å². The molecule has 0 aliphatic carbocycles. The zero-order valence-corrected chi connectivity index (χ0v) is 14.9. The summed E-state index contributed by atoms with van der Waals surface area (Å²) in [6.07, 6.45) is 0. The SMILES string of the molecule is Cc1cc(C)c(C2=NOC3(C)C2c2ccccc2S3(=O)=O)c(C)c1. The van der Waals surface area contributed by atoms with E-state index in [9.17, 15) is 8.42 Å². The predicted molar refractivity (Wildman–Crippen MR) is 93.0 cm³/mol. The van der Waals surface area contributed by atoms with Crippen molar-refractivity contribution in [1.82, 2.24) is 0 Å². The molecule has 24 heavy (non-hydrogen) atoms. The van der Waals surface area contributed by atoms with E-state index in [1.54, 1.807) is 19.1 Å². The second-order valence-electron chi connectivity index (χ2n) is 6.83. The summed E-state index contributed by atoms with van der Waals surface area (Å²) < 4.78 is 26.0. The smallest absolute Gasteiger partial charge is 0.250 e. The maximum Gasteiger partial charge on any atom is 0.250 e. The summed E-state index contributed by atoms with van der Waals surface area (Å²) in [6.45, 7) is 7.74. The first-order valence-corrected chi connectivity index (χ1v) is 9.43. The number of benzene rings is 2. The molecule has 2 aromatic carbocycles.